The maximum atomic E-state index is 2.47. The van der Waals surface area contributed by atoms with Crippen LogP contribution in [0.25, 0.3) is 115 Å². The van der Waals surface area contributed by atoms with E-state index in [-0.39, 0.29) is 0 Å². The monoisotopic (exact) mass is 721 g/mol. The largest absolute Gasteiger partial charge is 0.309 e. The summed E-state index contributed by atoms with van der Waals surface area (Å²) in [5.41, 5.74) is 11.0. The van der Waals surface area contributed by atoms with Crippen molar-refractivity contribution in [2.24, 2.45) is 0 Å². The number of hydrogen-bond acceptors (Lipinski definition) is 0. The first-order chi connectivity index (χ1) is 28.3. The average molecular weight is 722 g/mol. The quantitative estimate of drug-likeness (QED) is 0.160. The standard InChI is InChI=1S/C56H35N/c1-2-15-37(16-3-1)53-46-24-8-10-26-48(46)54(49-27-11-9-25-47(49)53)43-21-12-19-39(33-43)40-20-13-22-44(34-40)57-51-30-28-36-14-6-7-23-45(36)55(51)56-50-35-41-18-5-4-17-38(41)32-42(50)29-31-52(56)57/h1-35H. The Morgan fingerprint density at radius 3 is 1.40 bits per heavy atom. The summed E-state index contributed by atoms with van der Waals surface area (Å²) in [6, 6.07) is 78.3. The third kappa shape index (κ3) is 4.89. The van der Waals surface area contributed by atoms with E-state index in [4.69, 9.17) is 0 Å². The molecular formula is C56H35N. The molecule has 1 nitrogen and oxygen atoms in total. The van der Waals surface area contributed by atoms with Crippen molar-refractivity contribution >= 4 is 75.7 Å². The summed E-state index contributed by atoms with van der Waals surface area (Å²) < 4.78 is 2.47. The maximum Gasteiger partial charge on any atom is 0.0547 e. The molecule has 0 unspecified atom stereocenters. The van der Waals surface area contributed by atoms with E-state index in [9.17, 15) is 0 Å². The SMILES string of the molecule is c1ccc(-c2c3ccccc3c(-c3cccc(-c4cccc(-n5c6ccc7ccccc7c6c6c7cc8ccccc8cc7ccc65)c4)c3)c3ccccc23)cc1. The summed E-state index contributed by atoms with van der Waals surface area (Å²) in [4.78, 5) is 0. The van der Waals surface area contributed by atoms with Crippen molar-refractivity contribution in [1.82, 2.24) is 4.57 Å². The highest BCUT2D eigenvalue weighted by Gasteiger charge is 2.19. The van der Waals surface area contributed by atoms with Gasteiger partial charge in [-0.05, 0) is 130 Å². The fourth-order valence-electron chi connectivity index (χ4n) is 9.60. The lowest BCUT2D eigenvalue weighted by atomic mass is 9.85. The summed E-state index contributed by atoms with van der Waals surface area (Å²) >= 11 is 0. The Morgan fingerprint density at radius 1 is 0.246 bits per heavy atom. The lowest BCUT2D eigenvalue weighted by Crippen LogP contribution is -1.95. The van der Waals surface area contributed by atoms with Gasteiger partial charge in [0.1, 0.15) is 0 Å². The van der Waals surface area contributed by atoms with Gasteiger partial charge in [0, 0.05) is 16.5 Å². The molecule has 0 saturated heterocycles. The summed E-state index contributed by atoms with van der Waals surface area (Å²) in [6.07, 6.45) is 0. The van der Waals surface area contributed by atoms with Crippen molar-refractivity contribution in [3.63, 3.8) is 0 Å². The molecule has 0 fully saturated rings. The first-order valence-electron chi connectivity index (χ1n) is 19.8. The van der Waals surface area contributed by atoms with E-state index in [1.54, 1.807) is 0 Å². The first-order valence-corrected chi connectivity index (χ1v) is 19.8. The van der Waals surface area contributed by atoms with Crippen molar-refractivity contribution in [2.75, 3.05) is 0 Å². The van der Waals surface area contributed by atoms with Crippen LogP contribution in [-0.4, -0.2) is 4.57 Å². The second kappa shape index (κ2) is 12.5. The Hall–Kier alpha value is -7.48. The Balaban J connectivity index is 1.08. The first kappa shape index (κ1) is 31.8. The van der Waals surface area contributed by atoms with Crippen LogP contribution < -0.4 is 0 Å². The van der Waals surface area contributed by atoms with Crippen LogP contribution in [0.3, 0.4) is 0 Å². The summed E-state index contributed by atoms with van der Waals surface area (Å²) in [5.74, 6) is 0. The maximum absolute atomic E-state index is 2.47. The van der Waals surface area contributed by atoms with Gasteiger partial charge in [-0.15, -0.1) is 0 Å². The minimum atomic E-state index is 1.15. The minimum Gasteiger partial charge on any atom is -0.309 e. The van der Waals surface area contributed by atoms with Gasteiger partial charge < -0.3 is 4.57 Å². The molecule has 0 aliphatic heterocycles. The van der Waals surface area contributed by atoms with Gasteiger partial charge >= 0.3 is 0 Å². The second-order valence-corrected chi connectivity index (χ2v) is 15.2. The van der Waals surface area contributed by atoms with Crippen LogP contribution in [0.2, 0.25) is 0 Å². The van der Waals surface area contributed by atoms with Crippen LogP contribution in [0.5, 0.6) is 0 Å². The predicted molar refractivity (Wildman–Crippen MR) is 245 cm³/mol. The zero-order valence-corrected chi connectivity index (χ0v) is 31.2. The highest BCUT2D eigenvalue weighted by atomic mass is 15.0. The molecule has 0 N–H and O–H groups in total. The number of aromatic nitrogens is 1. The number of nitrogens with zero attached hydrogens (tertiary/aromatic N) is 1. The predicted octanol–water partition coefficient (Wildman–Crippen LogP) is 15.6. The van der Waals surface area contributed by atoms with Gasteiger partial charge in [0.05, 0.1) is 11.0 Å². The lowest BCUT2D eigenvalue weighted by Gasteiger charge is -2.18. The molecular weight excluding hydrogens is 687 g/mol. The highest BCUT2D eigenvalue weighted by Crippen LogP contribution is 2.45. The van der Waals surface area contributed by atoms with Crippen molar-refractivity contribution in [3.8, 4) is 39.1 Å². The highest BCUT2D eigenvalue weighted by molar-refractivity contribution is 6.29. The molecule has 0 saturated carbocycles. The number of rotatable bonds is 4. The molecule has 0 aliphatic rings. The molecule has 12 rings (SSSR count). The summed E-state index contributed by atoms with van der Waals surface area (Å²) in [6.45, 7) is 0. The van der Waals surface area contributed by atoms with Gasteiger partial charge in [-0.2, -0.15) is 0 Å². The van der Waals surface area contributed by atoms with Gasteiger partial charge in [0.25, 0.3) is 0 Å². The summed E-state index contributed by atoms with van der Waals surface area (Å²) in [7, 11) is 0. The Kier molecular flexibility index (Phi) is 7.00. The summed E-state index contributed by atoms with van der Waals surface area (Å²) in [5, 5.41) is 15.3. The topological polar surface area (TPSA) is 4.93 Å². The second-order valence-electron chi connectivity index (χ2n) is 15.2. The molecule has 0 bridgehead atoms. The molecule has 0 radical (unpaired) electrons. The van der Waals surface area contributed by atoms with Crippen LogP contribution in [0, 0.1) is 0 Å². The zero-order valence-electron chi connectivity index (χ0n) is 31.2. The smallest absolute Gasteiger partial charge is 0.0547 e. The molecule has 0 spiro atoms. The van der Waals surface area contributed by atoms with Crippen LogP contribution in [-0.2, 0) is 0 Å². The van der Waals surface area contributed by atoms with Crippen molar-refractivity contribution in [3.05, 3.63) is 212 Å². The molecule has 0 atom stereocenters. The van der Waals surface area contributed by atoms with Gasteiger partial charge in [-0.25, -0.2) is 0 Å². The van der Waals surface area contributed by atoms with E-state index in [0.29, 0.717) is 0 Å². The van der Waals surface area contributed by atoms with Crippen molar-refractivity contribution < 1.29 is 0 Å². The Labute approximate surface area is 330 Å². The molecule has 11 aromatic carbocycles. The Bertz CT molecular complexity index is 3510. The van der Waals surface area contributed by atoms with Crippen molar-refractivity contribution in [1.29, 1.82) is 0 Å². The number of benzene rings is 11. The van der Waals surface area contributed by atoms with E-state index >= 15 is 0 Å². The fraction of sp³-hybridized carbons (Fsp3) is 0. The van der Waals surface area contributed by atoms with Crippen LogP contribution in [0.1, 0.15) is 0 Å². The van der Waals surface area contributed by atoms with E-state index in [1.165, 1.54) is 109 Å². The lowest BCUT2D eigenvalue weighted by molar-refractivity contribution is 1.18. The van der Waals surface area contributed by atoms with E-state index in [0.717, 1.165) is 5.69 Å². The van der Waals surface area contributed by atoms with Gasteiger partial charge in [0.15, 0.2) is 0 Å². The molecule has 12 aromatic rings. The molecule has 1 heterocycles. The van der Waals surface area contributed by atoms with Crippen molar-refractivity contribution in [2.45, 2.75) is 0 Å². The molecule has 264 valence electrons. The van der Waals surface area contributed by atoms with Gasteiger partial charge in [0.2, 0.25) is 0 Å². The molecule has 0 aliphatic carbocycles. The average Bonchev–Trinajstić information content (AvgIpc) is 3.63. The fourth-order valence-corrected chi connectivity index (χ4v) is 9.60. The molecule has 1 aromatic heterocycles. The van der Waals surface area contributed by atoms with E-state index in [1.807, 2.05) is 0 Å². The third-order valence-electron chi connectivity index (χ3n) is 12.1. The molecule has 1 heteroatoms. The molecule has 57 heavy (non-hydrogen) atoms. The molecule has 0 amide bonds. The zero-order chi connectivity index (χ0) is 37.5. The van der Waals surface area contributed by atoms with Crippen LogP contribution >= 0.6 is 0 Å². The van der Waals surface area contributed by atoms with Crippen LogP contribution in [0.4, 0.5) is 0 Å². The number of fused-ring (bicyclic) bond motifs is 10. The Morgan fingerprint density at radius 2 is 0.719 bits per heavy atom. The third-order valence-corrected chi connectivity index (χ3v) is 12.1. The van der Waals surface area contributed by atoms with Crippen LogP contribution in [0.15, 0.2) is 212 Å². The van der Waals surface area contributed by atoms with Gasteiger partial charge in [-0.1, -0.05) is 170 Å². The normalized spacial score (nSPS) is 11.9. The minimum absolute atomic E-state index is 1.15. The number of hydrogen-bond donors (Lipinski definition) is 0. The van der Waals surface area contributed by atoms with Gasteiger partial charge in [-0.3, -0.25) is 0 Å². The van der Waals surface area contributed by atoms with E-state index < -0.39 is 0 Å². The van der Waals surface area contributed by atoms with E-state index in [2.05, 4.69) is 217 Å².